The Morgan fingerprint density at radius 3 is 2.61 bits per heavy atom. The van der Waals surface area contributed by atoms with E-state index in [1.54, 1.807) is 0 Å². The second kappa shape index (κ2) is 8.80. The minimum Gasteiger partial charge on any atom is -0.393 e. The predicted octanol–water partition coefficient (Wildman–Crippen LogP) is 3.22. The Labute approximate surface area is 165 Å². The molecule has 0 saturated carbocycles. The van der Waals surface area contributed by atoms with Crippen LogP contribution >= 0.6 is 11.6 Å². The van der Waals surface area contributed by atoms with Crippen molar-refractivity contribution < 1.29 is 17.9 Å². The molecule has 7 nitrogen and oxygen atoms in total. The molecule has 0 unspecified atom stereocenters. The van der Waals surface area contributed by atoms with Crippen LogP contribution in [0.1, 0.15) is 5.56 Å². The van der Waals surface area contributed by atoms with Crippen LogP contribution in [0.25, 0.3) is 0 Å². The Hall–Kier alpha value is -2.30. The fourth-order valence-electron chi connectivity index (χ4n) is 2.72. The maximum absolute atomic E-state index is 12.9. The Kier molecular flexibility index (Phi) is 6.42. The molecule has 11 heteroatoms. The Balaban J connectivity index is 1.69. The van der Waals surface area contributed by atoms with Crippen LogP contribution in [0.5, 0.6) is 0 Å². The summed E-state index contributed by atoms with van der Waals surface area (Å²) in [6, 6.07) is 3.00. The highest BCUT2D eigenvalue weighted by atomic mass is 35.5. The lowest BCUT2D eigenvalue weighted by molar-refractivity contribution is -0.137. The molecule has 1 aromatic carbocycles. The third kappa shape index (κ3) is 5.15. The lowest BCUT2D eigenvalue weighted by atomic mass is 10.2. The summed E-state index contributed by atoms with van der Waals surface area (Å²) < 4.78 is 44.1. The first kappa shape index (κ1) is 20.4. The number of benzene rings is 1. The quantitative estimate of drug-likeness (QED) is 0.666. The summed E-state index contributed by atoms with van der Waals surface area (Å²) in [4.78, 5) is 10.4. The van der Waals surface area contributed by atoms with E-state index in [0.29, 0.717) is 25.6 Å². The molecule has 0 amide bonds. The molecule has 2 aromatic rings. The molecule has 0 radical (unpaired) electrons. The summed E-state index contributed by atoms with van der Waals surface area (Å²) in [5.74, 6) is 0.568. The van der Waals surface area contributed by atoms with Crippen molar-refractivity contribution in [3.05, 3.63) is 35.1 Å². The molecule has 1 fully saturated rings. The standard InChI is InChI=1S/C17H20ClF3N6O/c18-12-2-1-11(17(19,20)21)9-13(12)26-16-14(22)15(24-10-25-16)23-3-4-27-5-7-28-8-6-27/h1-2,9-10H,3-8,22H2,(H2,23,24,25,26). The van der Waals surface area contributed by atoms with Crippen LogP contribution < -0.4 is 16.4 Å². The van der Waals surface area contributed by atoms with E-state index in [-0.39, 0.29) is 22.2 Å². The second-order valence-electron chi connectivity index (χ2n) is 6.18. The summed E-state index contributed by atoms with van der Waals surface area (Å²) in [5, 5.41) is 6.00. The van der Waals surface area contributed by atoms with E-state index in [2.05, 4.69) is 25.5 Å². The van der Waals surface area contributed by atoms with E-state index in [4.69, 9.17) is 22.1 Å². The van der Waals surface area contributed by atoms with Crippen molar-refractivity contribution in [2.75, 3.05) is 55.8 Å². The van der Waals surface area contributed by atoms with Gasteiger partial charge in [0.05, 0.1) is 29.5 Å². The third-order valence-corrected chi connectivity index (χ3v) is 4.58. The number of ether oxygens (including phenoxy) is 1. The summed E-state index contributed by atoms with van der Waals surface area (Å²) in [6.45, 7) is 4.53. The molecule has 1 saturated heterocycles. The van der Waals surface area contributed by atoms with Crippen molar-refractivity contribution in [1.82, 2.24) is 14.9 Å². The fourth-order valence-corrected chi connectivity index (χ4v) is 2.88. The first-order chi connectivity index (χ1) is 13.3. The zero-order valence-corrected chi connectivity index (χ0v) is 15.6. The number of hydrogen-bond acceptors (Lipinski definition) is 7. The smallest absolute Gasteiger partial charge is 0.393 e. The average molecular weight is 417 g/mol. The molecule has 0 spiro atoms. The molecule has 152 valence electrons. The summed E-state index contributed by atoms with van der Waals surface area (Å²) >= 11 is 6.01. The van der Waals surface area contributed by atoms with Gasteiger partial charge in [-0.1, -0.05) is 11.6 Å². The molecular formula is C17H20ClF3N6O. The number of anilines is 4. The highest BCUT2D eigenvalue weighted by molar-refractivity contribution is 6.33. The van der Waals surface area contributed by atoms with Gasteiger partial charge in [0.2, 0.25) is 0 Å². The normalized spacial score (nSPS) is 15.4. The van der Waals surface area contributed by atoms with Gasteiger partial charge in [-0.15, -0.1) is 0 Å². The zero-order chi connectivity index (χ0) is 20.1. The van der Waals surface area contributed by atoms with Gasteiger partial charge in [-0.2, -0.15) is 13.2 Å². The SMILES string of the molecule is Nc1c(NCCN2CCOCC2)ncnc1Nc1cc(C(F)(F)F)ccc1Cl. The van der Waals surface area contributed by atoms with Gasteiger partial charge >= 0.3 is 6.18 Å². The minimum absolute atomic E-state index is 0.0566. The second-order valence-corrected chi connectivity index (χ2v) is 6.59. The highest BCUT2D eigenvalue weighted by Gasteiger charge is 2.31. The molecule has 3 rings (SSSR count). The maximum atomic E-state index is 12.9. The molecular weight excluding hydrogens is 397 g/mol. The van der Waals surface area contributed by atoms with Gasteiger partial charge in [0.1, 0.15) is 12.0 Å². The summed E-state index contributed by atoms with van der Waals surface area (Å²) in [5.41, 5.74) is 5.50. The van der Waals surface area contributed by atoms with E-state index >= 15 is 0 Å². The number of rotatable bonds is 6. The van der Waals surface area contributed by atoms with Gasteiger partial charge in [-0.25, -0.2) is 9.97 Å². The van der Waals surface area contributed by atoms with Crippen molar-refractivity contribution in [1.29, 1.82) is 0 Å². The number of hydrogen-bond donors (Lipinski definition) is 3. The Morgan fingerprint density at radius 2 is 1.89 bits per heavy atom. The van der Waals surface area contributed by atoms with Crippen LogP contribution in [0.15, 0.2) is 24.5 Å². The number of nitrogen functional groups attached to an aromatic ring is 1. The Bertz CT molecular complexity index is 814. The van der Waals surface area contributed by atoms with Gasteiger partial charge < -0.3 is 21.1 Å². The third-order valence-electron chi connectivity index (χ3n) is 4.25. The molecule has 1 aliphatic heterocycles. The Morgan fingerprint density at radius 1 is 1.18 bits per heavy atom. The lowest BCUT2D eigenvalue weighted by Gasteiger charge is -2.26. The fraction of sp³-hybridized carbons (Fsp3) is 0.412. The number of nitrogens with zero attached hydrogens (tertiary/aromatic N) is 3. The number of nitrogens with two attached hydrogens (primary N) is 1. The van der Waals surface area contributed by atoms with E-state index in [1.807, 2.05) is 0 Å². The van der Waals surface area contributed by atoms with Gasteiger partial charge in [0.15, 0.2) is 11.6 Å². The topological polar surface area (TPSA) is 88.3 Å². The number of halogens is 4. The van der Waals surface area contributed by atoms with E-state index < -0.39 is 11.7 Å². The van der Waals surface area contributed by atoms with Crippen LogP contribution in [0, 0.1) is 0 Å². The number of aromatic nitrogens is 2. The van der Waals surface area contributed by atoms with Crippen LogP contribution in [0.2, 0.25) is 5.02 Å². The van der Waals surface area contributed by atoms with Crippen molar-refractivity contribution >= 4 is 34.6 Å². The molecule has 2 heterocycles. The number of alkyl halides is 3. The average Bonchev–Trinajstić information content (AvgIpc) is 2.66. The van der Waals surface area contributed by atoms with Crippen molar-refractivity contribution in [2.45, 2.75) is 6.18 Å². The van der Waals surface area contributed by atoms with Crippen LogP contribution in [0.3, 0.4) is 0 Å². The zero-order valence-electron chi connectivity index (χ0n) is 14.9. The summed E-state index contributed by atoms with van der Waals surface area (Å²) in [7, 11) is 0. The van der Waals surface area contributed by atoms with E-state index in [1.165, 1.54) is 12.4 Å². The lowest BCUT2D eigenvalue weighted by Crippen LogP contribution is -2.39. The molecule has 0 bridgehead atoms. The maximum Gasteiger partial charge on any atom is 0.416 e. The molecule has 1 aliphatic rings. The molecule has 0 aliphatic carbocycles. The first-order valence-corrected chi connectivity index (χ1v) is 9.00. The van der Waals surface area contributed by atoms with Gasteiger partial charge in [-0.05, 0) is 18.2 Å². The van der Waals surface area contributed by atoms with Crippen molar-refractivity contribution in [3.8, 4) is 0 Å². The van der Waals surface area contributed by atoms with Crippen molar-refractivity contribution in [3.63, 3.8) is 0 Å². The van der Waals surface area contributed by atoms with Crippen LogP contribution in [-0.2, 0) is 10.9 Å². The van der Waals surface area contributed by atoms with Crippen molar-refractivity contribution in [2.24, 2.45) is 0 Å². The van der Waals surface area contributed by atoms with E-state index in [0.717, 1.165) is 31.8 Å². The van der Waals surface area contributed by atoms with Gasteiger partial charge in [0, 0.05) is 26.2 Å². The largest absolute Gasteiger partial charge is 0.416 e. The molecule has 28 heavy (non-hydrogen) atoms. The predicted molar refractivity (Wildman–Crippen MR) is 102 cm³/mol. The molecule has 0 atom stereocenters. The van der Waals surface area contributed by atoms with Gasteiger partial charge in [0.25, 0.3) is 0 Å². The summed E-state index contributed by atoms with van der Waals surface area (Å²) in [6.07, 6.45) is -3.21. The molecule has 1 aromatic heterocycles. The van der Waals surface area contributed by atoms with Gasteiger partial charge in [-0.3, -0.25) is 4.90 Å². The number of morpholine rings is 1. The minimum atomic E-state index is -4.48. The van der Waals surface area contributed by atoms with Crippen LogP contribution in [0.4, 0.5) is 36.2 Å². The molecule has 4 N–H and O–H groups in total. The van der Waals surface area contributed by atoms with E-state index in [9.17, 15) is 13.2 Å². The first-order valence-electron chi connectivity index (χ1n) is 8.63. The highest BCUT2D eigenvalue weighted by Crippen LogP contribution is 2.36. The van der Waals surface area contributed by atoms with Crippen LogP contribution in [-0.4, -0.2) is 54.3 Å². The number of nitrogens with one attached hydrogen (secondary N) is 2. The monoisotopic (exact) mass is 416 g/mol.